The Balaban J connectivity index is 2.09. The average molecular weight is 471 g/mol. The lowest BCUT2D eigenvalue weighted by atomic mass is 9.98. The van der Waals surface area contributed by atoms with Crippen LogP contribution in [0.1, 0.15) is 5.56 Å². The van der Waals surface area contributed by atoms with Gasteiger partial charge in [-0.15, -0.1) is 10.2 Å². The van der Waals surface area contributed by atoms with E-state index >= 15 is 0 Å². The molecule has 30 heavy (non-hydrogen) atoms. The quantitative estimate of drug-likeness (QED) is 0.382. The molecule has 4 N–H and O–H groups in total. The first-order chi connectivity index (χ1) is 14.1. The van der Waals surface area contributed by atoms with Gasteiger partial charge in [-0.1, -0.05) is 34.7 Å². The first kappa shape index (κ1) is 20.5. The third-order valence-corrected chi connectivity index (χ3v) is 6.27. The number of aromatic hydroxyl groups is 1. The number of nitrogens with zero attached hydrogens (tertiary/aromatic N) is 2. The highest BCUT2D eigenvalue weighted by atomic mass is 35.5. The molecule has 0 spiro atoms. The van der Waals surface area contributed by atoms with Gasteiger partial charge in [0.25, 0.3) is 5.56 Å². The van der Waals surface area contributed by atoms with E-state index < -0.39 is 17.3 Å². The molecule has 154 valence electrons. The molecule has 4 aromatic rings. The summed E-state index contributed by atoms with van der Waals surface area (Å²) < 4.78 is 40.3. The summed E-state index contributed by atoms with van der Waals surface area (Å²) in [5.74, 6) is -0.248. The fraction of sp³-hybridized carbons (Fsp3) is 0.0556. The van der Waals surface area contributed by atoms with Gasteiger partial charge in [0.2, 0.25) is 5.13 Å². The van der Waals surface area contributed by atoms with Gasteiger partial charge in [0.05, 0.1) is 10.5 Å². The molecule has 6 nitrogen and oxygen atoms in total. The van der Waals surface area contributed by atoms with E-state index in [1.807, 2.05) is 0 Å². The summed E-state index contributed by atoms with van der Waals surface area (Å²) in [6.45, 7) is 0. The molecule has 0 atom stereocenters. The van der Waals surface area contributed by atoms with Crippen LogP contribution in [-0.4, -0.2) is 20.3 Å². The topological polar surface area (TPSA) is 105 Å². The Morgan fingerprint density at radius 1 is 1.17 bits per heavy atom. The van der Waals surface area contributed by atoms with E-state index in [1.165, 1.54) is 24.3 Å². The third-order valence-electron chi connectivity index (χ3n) is 4.14. The van der Waals surface area contributed by atoms with Crippen molar-refractivity contribution < 1.29 is 18.3 Å². The van der Waals surface area contributed by atoms with Gasteiger partial charge >= 0.3 is 6.18 Å². The van der Waals surface area contributed by atoms with Gasteiger partial charge in [0.1, 0.15) is 5.75 Å². The zero-order valence-corrected chi connectivity index (χ0v) is 17.0. The summed E-state index contributed by atoms with van der Waals surface area (Å²) in [5.41, 5.74) is 4.48. The Labute approximate surface area is 179 Å². The molecule has 0 fully saturated rings. The number of H-pyrrole nitrogens is 1. The molecule has 12 heteroatoms. The number of nitrogen functional groups attached to an aromatic ring is 1. The van der Waals surface area contributed by atoms with E-state index in [0.29, 0.717) is 4.34 Å². The minimum Gasteiger partial charge on any atom is -0.507 e. The number of pyridine rings is 1. The normalized spacial score (nSPS) is 11.9. The van der Waals surface area contributed by atoms with Crippen LogP contribution in [0.2, 0.25) is 5.02 Å². The molecule has 4 rings (SSSR count). The van der Waals surface area contributed by atoms with Crippen LogP contribution in [0.25, 0.3) is 22.0 Å². The number of nitrogens with one attached hydrogen (secondary N) is 1. The summed E-state index contributed by atoms with van der Waals surface area (Å²) in [4.78, 5) is 15.4. The Morgan fingerprint density at radius 2 is 1.93 bits per heavy atom. The summed E-state index contributed by atoms with van der Waals surface area (Å²) in [7, 11) is 0. The first-order valence-corrected chi connectivity index (χ1v) is 10.2. The second-order valence-electron chi connectivity index (χ2n) is 6.09. The van der Waals surface area contributed by atoms with E-state index in [2.05, 4.69) is 15.2 Å². The number of rotatable bonds is 3. The molecule has 0 aliphatic carbocycles. The summed E-state index contributed by atoms with van der Waals surface area (Å²) >= 11 is 7.95. The van der Waals surface area contributed by atoms with E-state index in [1.54, 1.807) is 0 Å². The Bertz CT molecular complexity index is 1340. The molecule has 2 heterocycles. The number of aromatic nitrogens is 3. The van der Waals surface area contributed by atoms with Crippen molar-refractivity contribution in [3.8, 4) is 16.9 Å². The van der Waals surface area contributed by atoms with Crippen molar-refractivity contribution in [2.45, 2.75) is 15.4 Å². The molecular weight excluding hydrogens is 461 g/mol. The van der Waals surface area contributed by atoms with E-state index in [0.717, 1.165) is 35.2 Å². The number of anilines is 1. The van der Waals surface area contributed by atoms with Crippen LogP contribution in [0.5, 0.6) is 5.75 Å². The average Bonchev–Trinajstić information content (AvgIpc) is 3.08. The second-order valence-corrected chi connectivity index (χ2v) is 8.79. The van der Waals surface area contributed by atoms with Crippen molar-refractivity contribution >= 4 is 50.7 Å². The maximum Gasteiger partial charge on any atom is 0.416 e. The van der Waals surface area contributed by atoms with Crippen LogP contribution >= 0.6 is 34.7 Å². The Kier molecular flexibility index (Phi) is 5.12. The molecule has 0 unspecified atom stereocenters. The highest BCUT2D eigenvalue weighted by molar-refractivity contribution is 8.01. The van der Waals surface area contributed by atoms with Crippen molar-refractivity contribution in [2.24, 2.45) is 0 Å². The smallest absolute Gasteiger partial charge is 0.416 e. The van der Waals surface area contributed by atoms with Crippen LogP contribution in [0.4, 0.5) is 18.3 Å². The number of hydrogen-bond donors (Lipinski definition) is 3. The number of nitrogens with two attached hydrogens (primary N) is 1. The monoisotopic (exact) mass is 470 g/mol. The number of aromatic amines is 1. The van der Waals surface area contributed by atoms with Crippen LogP contribution < -0.4 is 11.3 Å². The summed E-state index contributed by atoms with van der Waals surface area (Å²) in [5, 5.41) is 18.4. The molecule has 2 aromatic heterocycles. The van der Waals surface area contributed by atoms with Crippen LogP contribution in [0.3, 0.4) is 0 Å². The molecule has 0 bridgehead atoms. The lowest BCUT2D eigenvalue weighted by Gasteiger charge is -2.15. The molecule has 0 aliphatic rings. The third kappa shape index (κ3) is 3.83. The van der Waals surface area contributed by atoms with Crippen LogP contribution in [0.15, 0.2) is 50.4 Å². The van der Waals surface area contributed by atoms with E-state index in [-0.39, 0.29) is 42.8 Å². The predicted molar refractivity (Wildman–Crippen MR) is 110 cm³/mol. The highest BCUT2D eigenvalue weighted by Gasteiger charge is 2.31. The maximum absolute atomic E-state index is 13.3. The lowest BCUT2D eigenvalue weighted by molar-refractivity contribution is -0.137. The van der Waals surface area contributed by atoms with Crippen LogP contribution in [0, 0.1) is 0 Å². The molecular formula is C18H10ClF3N4O2S2. The van der Waals surface area contributed by atoms with Gasteiger partial charge in [0, 0.05) is 27.1 Å². The van der Waals surface area contributed by atoms with Crippen molar-refractivity contribution in [1.29, 1.82) is 0 Å². The molecule has 0 saturated carbocycles. The fourth-order valence-electron chi connectivity index (χ4n) is 2.87. The molecule has 0 radical (unpaired) electrons. The number of phenols is 1. The SMILES string of the molecule is Nc1nnc(Sc2c(-c3cc(Cl)ccc3O)c3cc(C(F)(F)F)ccc3[nH]c2=O)s1. The standard InChI is InChI=1S/C18H10ClF3N4O2S2/c19-8-2-4-12(27)10(6-8)13-9-5-7(18(20,21)22)1-3-11(9)24-15(28)14(13)29-17-26-25-16(23)30-17/h1-6,27H,(H2,23,25)(H,24,28). The van der Waals surface area contributed by atoms with Gasteiger partial charge in [0.15, 0.2) is 4.34 Å². The van der Waals surface area contributed by atoms with Gasteiger partial charge in [-0.3, -0.25) is 4.79 Å². The Morgan fingerprint density at radius 3 is 2.60 bits per heavy atom. The Hall–Kier alpha value is -2.76. The number of phenolic OH excluding ortho intramolecular Hbond substituents is 1. The number of alkyl halides is 3. The van der Waals surface area contributed by atoms with E-state index in [9.17, 15) is 23.1 Å². The van der Waals surface area contributed by atoms with Crippen molar-refractivity contribution in [2.75, 3.05) is 5.73 Å². The predicted octanol–water partition coefficient (Wildman–Crippen LogP) is 5.16. The molecule has 0 aliphatic heterocycles. The van der Waals surface area contributed by atoms with Gasteiger partial charge in [-0.25, -0.2) is 0 Å². The fourth-order valence-corrected chi connectivity index (χ4v) is 4.78. The molecule has 0 amide bonds. The zero-order valence-electron chi connectivity index (χ0n) is 14.6. The zero-order chi connectivity index (χ0) is 21.6. The number of fused-ring (bicyclic) bond motifs is 1. The van der Waals surface area contributed by atoms with Gasteiger partial charge < -0.3 is 15.8 Å². The minimum absolute atomic E-state index is 0.0236. The van der Waals surface area contributed by atoms with E-state index in [4.69, 9.17) is 17.3 Å². The number of hydrogen-bond acceptors (Lipinski definition) is 7. The number of benzene rings is 2. The summed E-state index contributed by atoms with van der Waals surface area (Å²) in [6, 6.07) is 7.06. The van der Waals surface area contributed by atoms with Gasteiger partial charge in [-0.05, 0) is 36.4 Å². The minimum atomic E-state index is -4.60. The van der Waals surface area contributed by atoms with Crippen molar-refractivity contribution in [3.05, 3.63) is 57.3 Å². The second kappa shape index (κ2) is 7.49. The maximum atomic E-state index is 13.3. The molecule has 2 aromatic carbocycles. The van der Waals surface area contributed by atoms with Crippen LogP contribution in [-0.2, 0) is 6.18 Å². The molecule has 0 saturated heterocycles. The van der Waals surface area contributed by atoms with Gasteiger partial charge in [-0.2, -0.15) is 13.2 Å². The summed E-state index contributed by atoms with van der Waals surface area (Å²) in [6.07, 6.45) is -4.60. The lowest BCUT2D eigenvalue weighted by Crippen LogP contribution is -2.12. The largest absolute Gasteiger partial charge is 0.507 e. The first-order valence-electron chi connectivity index (χ1n) is 8.16. The highest BCUT2D eigenvalue weighted by Crippen LogP contribution is 2.44. The van der Waals surface area contributed by atoms with Crippen molar-refractivity contribution in [1.82, 2.24) is 15.2 Å². The van der Waals surface area contributed by atoms with Crippen molar-refractivity contribution in [3.63, 3.8) is 0 Å². The number of halogens is 4.